The molecule has 0 aromatic carbocycles. The first-order chi connectivity index (χ1) is 7.04. The van der Waals surface area contributed by atoms with Gasteiger partial charge in [0.15, 0.2) is 6.29 Å². The third-order valence-electron chi connectivity index (χ3n) is 4.14. The molecule has 5 heteroatoms. The van der Waals surface area contributed by atoms with E-state index < -0.39 is 23.8 Å². The molecule has 3 fully saturated rings. The predicted molar refractivity (Wildman–Crippen MR) is 47.5 cm³/mol. The number of carbonyl (C=O) groups is 1. The molecule has 0 radical (unpaired) electrons. The number of carbonyl (C=O) groups excluding carboxylic acids is 1. The number of esters is 1. The van der Waals surface area contributed by atoms with Gasteiger partial charge in [0.25, 0.3) is 0 Å². The maximum Gasteiger partial charge on any atom is 0.314 e. The van der Waals surface area contributed by atoms with Gasteiger partial charge in [0.1, 0.15) is 12.0 Å². The third-order valence-corrected chi connectivity index (χ3v) is 4.14. The van der Waals surface area contributed by atoms with Crippen molar-refractivity contribution in [3.63, 3.8) is 0 Å². The summed E-state index contributed by atoms with van der Waals surface area (Å²) in [5.74, 6) is -1.42. The van der Waals surface area contributed by atoms with Crippen LogP contribution in [0.5, 0.6) is 0 Å². The molecular formula is C10H14O5. The number of aliphatic hydroxyl groups is 2. The first-order valence-electron chi connectivity index (χ1n) is 5.26. The molecule has 5 nitrogen and oxygen atoms in total. The van der Waals surface area contributed by atoms with Crippen LogP contribution in [0.1, 0.15) is 13.3 Å². The molecule has 2 aliphatic heterocycles. The van der Waals surface area contributed by atoms with E-state index in [9.17, 15) is 15.0 Å². The van der Waals surface area contributed by atoms with E-state index in [1.54, 1.807) is 0 Å². The maximum atomic E-state index is 11.5. The summed E-state index contributed by atoms with van der Waals surface area (Å²) < 4.78 is 10.2. The Bertz CT molecular complexity index is 317. The molecule has 2 saturated heterocycles. The largest absolute Gasteiger partial charge is 0.462 e. The summed E-state index contributed by atoms with van der Waals surface area (Å²) in [6, 6.07) is 0. The first-order valence-corrected chi connectivity index (χ1v) is 5.26. The second kappa shape index (κ2) is 2.72. The molecule has 2 N–H and O–H groups in total. The predicted octanol–water partition coefficient (Wildman–Crippen LogP) is -0.736. The second-order valence-corrected chi connectivity index (χ2v) is 4.86. The van der Waals surface area contributed by atoms with Crippen molar-refractivity contribution in [3.05, 3.63) is 0 Å². The van der Waals surface area contributed by atoms with Crippen LogP contribution in [0.15, 0.2) is 0 Å². The van der Waals surface area contributed by atoms with Crippen LogP contribution in [-0.2, 0) is 14.3 Å². The van der Waals surface area contributed by atoms with Gasteiger partial charge in [-0.1, -0.05) is 6.92 Å². The molecule has 1 aliphatic carbocycles. The number of hydrogen-bond donors (Lipinski definition) is 2. The lowest BCUT2D eigenvalue weighted by Gasteiger charge is -2.40. The minimum Gasteiger partial charge on any atom is -0.462 e. The van der Waals surface area contributed by atoms with E-state index >= 15 is 0 Å². The zero-order valence-electron chi connectivity index (χ0n) is 8.42. The Balaban J connectivity index is 2.03. The molecule has 2 heterocycles. The molecule has 0 aromatic heterocycles. The second-order valence-electron chi connectivity index (χ2n) is 4.86. The third kappa shape index (κ3) is 1.01. The monoisotopic (exact) mass is 214 g/mol. The normalized spacial score (nSPS) is 57.8. The summed E-state index contributed by atoms with van der Waals surface area (Å²) in [4.78, 5) is 11.5. The van der Waals surface area contributed by atoms with Crippen molar-refractivity contribution in [2.45, 2.75) is 31.3 Å². The molecule has 0 bridgehead atoms. The molecule has 0 aromatic rings. The Morgan fingerprint density at radius 2 is 2.27 bits per heavy atom. The molecule has 0 spiro atoms. The van der Waals surface area contributed by atoms with Crippen LogP contribution < -0.4 is 0 Å². The summed E-state index contributed by atoms with van der Waals surface area (Å²) in [6.07, 6.45) is -0.724. The van der Waals surface area contributed by atoms with Gasteiger partial charge in [-0.15, -0.1) is 0 Å². The average molecular weight is 214 g/mol. The molecule has 0 amide bonds. The van der Waals surface area contributed by atoms with Crippen LogP contribution in [0.2, 0.25) is 0 Å². The molecule has 1 saturated carbocycles. The van der Waals surface area contributed by atoms with Crippen LogP contribution >= 0.6 is 0 Å². The van der Waals surface area contributed by atoms with Crippen molar-refractivity contribution in [2.75, 3.05) is 6.61 Å². The molecule has 15 heavy (non-hydrogen) atoms. The molecule has 6 unspecified atom stereocenters. The Hall–Kier alpha value is -0.650. The van der Waals surface area contributed by atoms with E-state index in [0.717, 1.165) is 0 Å². The van der Waals surface area contributed by atoms with E-state index in [4.69, 9.17) is 9.47 Å². The van der Waals surface area contributed by atoms with Crippen LogP contribution in [-0.4, -0.2) is 40.8 Å². The molecule has 84 valence electrons. The number of ether oxygens (including phenoxy) is 2. The van der Waals surface area contributed by atoms with Gasteiger partial charge in [0.2, 0.25) is 0 Å². The van der Waals surface area contributed by atoms with Crippen LogP contribution in [0.25, 0.3) is 0 Å². The van der Waals surface area contributed by atoms with Gasteiger partial charge in [-0.05, 0) is 12.3 Å². The highest BCUT2D eigenvalue weighted by atomic mass is 16.6. The summed E-state index contributed by atoms with van der Waals surface area (Å²) in [7, 11) is 0. The first kappa shape index (κ1) is 9.57. The van der Waals surface area contributed by atoms with E-state index in [0.29, 0.717) is 6.42 Å². The van der Waals surface area contributed by atoms with E-state index in [-0.39, 0.29) is 24.5 Å². The number of aliphatic hydroxyl groups excluding tert-OH is 1. The summed E-state index contributed by atoms with van der Waals surface area (Å²) in [5.41, 5.74) is -1.01. The minimum absolute atomic E-state index is 0.0376. The summed E-state index contributed by atoms with van der Waals surface area (Å²) in [6.45, 7) is 2.01. The molecule has 3 aliphatic rings. The average Bonchev–Trinajstić information content (AvgIpc) is 2.61. The van der Waals surface area contributed by atoms with Gasteiger partial charge in [0, 0.05) is 5.92 Å². The highest BCUT2D eigenvalue weighted by Gasteiger charge is 2.66. The van der Waals surface area contributed by atoms with Crippen molar-refractivity contribution in [3.8, 4) is 0 Å². The Kier molecular flexibility index (Phi) is 1.74. The quantitative estimate of drug-likeness (QED) is 0.520. The lowest BCUT2D eigenvalue weighted by atomic mass is 9.76. The smallest absolute Gasteiger partial charge is 0.314 e. The SMILES string of the molecule is CC1CC2OC(=O)C3C(O)OCC1(O)C23. The molecule has 3 rings (SSSR count). The number of rotatable bonds is 0. The van der Waals surface area contributed by atoms with Crippen molar-refractivity contribution in [2.24, 2.45) is 17.8 Å². The zero-order valence-corrected chi connectivity index (χ0v) is 8.42. The van der Waals surface area contributed by atoms with Gasteiger partial charge in [-0.2, -0.15) is 0 Å². The van der Waals surface area contributed by atoms with Gasteiger partial charge in [0.05, 0.1) is 12.2 Å². The molecular weight excluding hydrogens is 200 g/mol. The van der Waals surface area contributed by atoms with Crippen molar-refractivity contribution >= 4 is 5.97 Å². The number of hydrogen-bond acceptors (Lipinski definition) is 5. The lowest BCUT2D eigenvalue weighted by molar-refractivity contribution is -0.240. The summed E-state index contributed by atoms with van der Waals surface area (Å²) >= 11 is 0. The van der Waals surface area contributed by atoms with E-state index in [2.05, 4.69) is 0 Å². The van der Waals surface area contributed by atoms with Crippen LogP contribution in [0.3, 0.4) is 0 Å². The Labute approximate surface area is 87.0 Å². The fourth-order valence-corrected chi connectivity index (χ4v) is 3.24. The fourth-order valence-electron chi connectivity index (χ4n) is 3.24. The van der Waals surface area contributed by atoms with E-state index in [1.807, 2.05) is 6.92 Å². The highest BCUT2D eigenvalue weighted by Crippen LogP contribution is 2.53. The standard InChI is InChI=1S/C10H14O5/c1-4-2-5-7-6(9(12)15-5)8(11)14-3-10(4,7)13/h4-8,11,13H,2-3H2,1H3. The summed E-state index contributed by atoms with van der Waals surface area (Å²) in [5, 5.41) is 20.0. The Morgan fingerprint density at radius 1 is 1.53 bits per heavy atom. The van der Waals surface area contributed by atoms with Crippen molar-refractivity contribution in [1.29, 1.82) is 0 Å². The lowest BCUT2D eigenvalue weighted by Crippen LogP contribution is -2.55. The fraction of sp³-hybridized carbons (Fsp3) is 0.900. The van der Waals surface area contributed by atoms with Crippen LogP contribution in [0, 0.1) is 17.8 Å². The highest BCUT2D eigenvalue weighted by molar-refractivity contribution is 5.76. The molecule has 6 atom stereocenters. The van der Waals surface area contributed by atoms with Gasteiger partial charge in [-0.25, -0.2) is 0 Å². The van der Waals surface area contributed by atoms with Crippen molar-refractivity contribution in [1.82, 2.24) is 0 Å². The Morgan fingerprint density at radius 3 is 3.00 bits per heavy atom. The van der Waals surface area contributed by atoms with Crippen molar-refractivity contribution < 1.29 is 24.5 Å². The zero-order chi connectivity index (χ0) is 10.8. The van der Waals surface area contributed by atoms with Gasteiger partial charge >= 0.3 is 5.97 Å². The van der Waals surface area contributed by atoms with Crippen LogP contribution in [0.4, 0.5) is 0 Å². The maximum absolute atomic E-state index is 11.5. The van der Waals surface area contributed by atoms with Gasteiger partial charge in [-0.3, -0.25) is 4.79 Å². The van der Waals surface area contributed by atoms with E-state index in [1.165, 1.54) is 0 Å². The topological polar surface area (TPSA) is 76.0 Å². The van der Waals surface area contributed by atoms with Gasteiger partial charge < -0.3 is 19.7 Å². The minimum atomic E-state index is -1.13.